The predicted molar refractivity (Wildman–Crippen MR) is 77.8 cm³/mol. The summed E-state index contributed by atoms with van der Waals surface area (Å²) in [7, 11) is -4.17. The molecule has 0 heterocycles. The van der Waals surface area contributed by atoms with Gasteiger partial charge in [0.15, 0.2) is 0 Å². The first kappa shape index (κ1) is 14.3. The van der Waals surface area contributed by atoms with E-state index in [1.807, 2.05) is 36.4 Å². The number of benzene rings is 1. The smallest absolute Gasteiger partial charge is 0.274 e. The lowest BCUT2D eigenvalue weighted by Gasteiger charge is -2.28. The van der Waals surface area contributed by atoms with Crippen molar-refractivity contribution in [3.05, 3.63) is 54.1 Å². The molecule has 1 aliphatic rings. The van der Waals surface area contributed by atoms with Gasteiger partial charge >= 0.3 is 0 Å². The molecule has 0 bridgehead atoms. The van der Waals surface area contributed by atoms with E-state index in [2.05, 4.69) is 0 Å². The van der Waals surface area contributed by atoms with Crippen molar-refractivity contribution >= 4 is 27.3 Å². The van der Waals surface area contributed by atoms with Gasteiger partial charge in [0.25, 0.3) is 10.1 Å². The lowest BCUT2D eigenvalue weighted by molar-refractivity contribution is 0.441. The Hall–Kier alpha value is -1.10. The van der Waals surface area contributed by atoms with Crippen molar-refractivity contribution in [2.45, 2.75) is 17.6 Å². The second-order valence-corrected chi connectivity index (χ2v) is 6.68. The Bertz CT molecular complexity index is 605. The van der Waals surface area contributed by atoms with Crippen LogP contribution in [0, 0.1) is 0 Å². The molecule has 1 atom stereocenters. The van der Waals surface area contributed by atoms with Gasteiger partial charge in [0.05, 0.1) is 0 Å². The van der Waals surface area contributed by atoms with Gasteiger partial charge in [0.1, 0.15) is 4.75 Å². The van der Waals surface area contributed by atoms with E-state index in [0.717, 1.165) is 11.1 Å². The fourth-order valence-corrected chi connectivity index (χ4v) is 3.51. The Morgan fingerprint density at radius 3 is 2.42 bits per heavy atom. The van der Waals surface area contributed by atoms with E-state index < -0.39 is 14.9 Å². The van der Waals surface area contributed by atoms with Crippen LogP contribution in [0.1, 0.15) is 18.4 Å². The predicted octanol–water partition coefficient (Wildman–Crippen LogP) is 3.29. The molecule has 102 valence electrons. The Labute approximate surface area is 118 Å². The zero-order valence-electron chi connectivity index (χ0n) is 10.3. The average Bonchev–Trinajstić information content (AvgIpc) is 2.40. The largest absolute Gasteiger partial charge is 0.285 e. The normalized spacial score (nSPS) is 23.2. The highest BCUT2D eigenvalue weighted by molar-refractivity contribution is 7.87. The van der Waals surface area contributed by atoms with E-state index in [-0.39, 0.29) is 18.7 Å². The molecule has 0 saturated carbocycles. The summed E-state index contributed by atoms with van der Waals surface area (Å²) in [6.45, 7) is 0. The summed E-state index contributed by atoms with van der Waals surface area (Å²) in [4.78, 5) is 0. The van der Waals surface area contributed by atoms with Crippen molar-refractivity contribution in [3.63, 3.8) is 0 Å². The molecule has 0 aromatic heterocycles. The van der Waals surface area contributed by atoms with Gasteiger partial charge in [0, 0.05) is 5.88 Å². The molecule has 1 aliphatic carbocycles. The standard InChI is InChI=1S/C14H15ClO3S/c15-11-10-14(19(16,17)18)8-6-13(7-9-14)12-4-2-1-3-5-12/h1-8H,9-11H2,(H,16,17,18). The van der Waals surface area contributed by atoms with Crippen molar-refractivity contribution in [2.75, 3.05) is 5.88 Å². The molecule has 1 aromatic rings. The van der Waals surface area contributed by atoms with E-state index in [4.69, 9.17) is 11.6 Å². The van der Waals surface area contributed by atoms with E-state index >= 15 is 0 Å². The maximum atomic E-state index is 11.6. The summed E-state index contributed by atoms with van der Waals surface area (Å²) in [5.74, 6) is 0.179. The summed E-state index contributed by atoms with van der Waals surface area (Å²) in [5, 5.41) is 0. The van der Waals surface area contributed by atoms with Crippen LogP contribution in [0.5, 0.6) is 0 Å². The van der Waals surface area contributed by atoms with Crippen molar-refractivity contribution in [1.82, 2.24) is 0 Å². The Morgan fingerprint density at radius 1 is 1.26 bits per heavy atom. The maximum absolute atomic E-state index is 11.6. The Kier molecular flexibility index (Phi) is 4.13. The van der Waals surface area contributed by atoms with Crippen LogP contribution >= 0.6 is 11.6 Å². The van der Waals surface area contributed by atoms with Crippen molar-refractivity contribution in [1.29, 1.82) is 0 Å². The van der Waals surface area contributed by atoms with Crippen molar-refractivity contribution < 1.29 is 13.0 Å². The monoisotopic (exact) mass is 298 g/mol. The van der Waals surface area contributed by atoms with Gasteiger partial charge in [-0.25, -0.2) is 0 Å². The average molecular weight is 299 g/mol. The molecule has 0 radical (unpaired) electrons. The van der Waals surface area contributed by atoms with Gasteiger partial charge in [-0.3, -0.25) is 4.55 Å². The highest BCUT2D eigenvalue weighted by atomic mass is 35.5. The molecule has 0 aliphatic heterocycles. The second kappa shape index (κ2) is 5.49. The molecule has 3 nitrogen and oxygen atoms in total. The third kappa shape index (κ3) is 2.91. The first-order valence-electron chi connectivity index (χ1n) is 5.96. The fraction of sp³-hybridized carbons (Fsp3) is 0.286. The lowest BCUT2D eigenvalue weighted by atomic mass is 9.91. The summed E-state index contributed by atoms with van der Waals surface area (Å²) >= 11 is 5.65. The number of halogens is 1. The molecule has 1 aromatic carbocycles. The van der Waals surface area contributed by atoms with E-state index in [9.17, 15) is 13.0 Å². The zero-order chi connectivity index (χ0) is 13.9. The summed E-state index contributed by atoms with van der Waals surface area (Å²) in [6, 6.07) is 9.68. The minimum absolute atomic E-state index is 0.179. The molecular formula is C14H15ClO3S. The molecular weight excluding hydrogens is 284 g/mol. The fourth-order valence-electron chi connectivity index (χ4n) is 2.17. The van der Waals surface area contributed by atoms with E-state index in [1.165, 1.54) is 0 Å². The Morgan fingerprint density at radius 2 is 1.95 bits per heavy atom. The molecule has 1 N–H and O–H groups in total. The van der Waals surface area contributed by atoms with Crippen LogP contribution in [0.4, 0.5) is 0 Å². The highest BCUT2D eigenvalue weighted by Gasteiger charge is 2.40. The zero-order valence-corrected chi connectivity index (χ0v) is 11.9. The van der Waals surface area contributed by atoms with Crippen LogP contribution < -0.4 is 0 Å². The quantitative estimate of drug-likeness (QED) is 0.685. The van der Waals surface area contributed by atoms with Crippen LogP contribution in [0.15, 0.2) is 48.6 Å². The Balaban J connectivity index is 2.31. The number of hydrogen-bond donors (Lipinski definition) is 1. The van der Waals surface area contributed by atoms with E-state index in [0.29, 0.717) is 0 Å². The van der Waals surface area contributed by atoms with Gasteiger partial charge in [-0.05, 0) is 24.0 Å². The van der Waals surface area contributed by atoms with Crippen LogP contribution in [0.2, 0.25) is 0 Å². The van der Waals surface area contributed by atoms with Crippen LogP contribution in [0.3, 0.4) is 0 Å². The van der Waals surface area contributed by atoms with Crippen LogP contribution in [0.25, 0.3) is 5.57 Å². The third-order valence-electron chi connectivity index (χ3n) is 3.37. The lowest BCUT2D eigenvalue weighted by Crippen LogP contribution is -2.37. The highest BCUT2D eigenvalue weighted by Crippen LogP contribution is 2.34. The minimum atomic E-state index is -4.17. The van der Waals surface area contributed by atoms with Gasteiger partial charge in [-0.2, -0.15) is 8.42 Å². The van der Waals surface area contributed by atoms with Crippen molar-refractivity contribution in [3.8, 4) is 0 Å². The number of rotatable bonds is 4. The molecule has 0 fully saturated rings. The van der Waals surface area contributed by atoms with Gasteiger partial charge in [-0.1, -0.05) is 48.6 Å². The maximum Gasteiger partial charge on any atom is 0.274 e. The molecule has 1 unspecified atom stereocenters. The molecule has 5 heteroatoms. The number of alkyl halides is 1. The van der Waals surface area contributed by atoms with E-state index in [1.54, 1.807) is 12.2 Å². The van der Waals surface area contributed by atoms with Gasteiger partial charge in [0.2, 0.25) is 0 Å². The topological polar surface area (TPSA) is 54.4 Å². The first-order valence-corrected chi connectivity index (χ1v) is 7.94. The minimum Gasteiger partial charge on any atom is -0.285 e. The third-order valence-corrected chi connectivity index (χ3v) is 5.10. The number of hydrogen-bond acceptors (Lipinski definition) is 2. The molecule has 0 amide bonds. The summed E-state index contributed by atoms with van der Waals surface area (Å²) in [5.41, 5.74) is 1.98. The van der Waals surface area contributed by atoms with Crippen molar-refractivity contribution in [2.24, 2.45) is 0 Å². The summed E-state index contributed by atoms with van der Waals surface area (Å²) in [6.07, 6.45) is 5.55. The molecule has 0 spiro atoms. The first-order chi connectivity index (χ1) is 8.98. The summed E-state index contributed by atoms with van der Waals surface area (Å²) < 4.78 is 31.2. The SMILES string of the molecule is O=S(=O)(O)C1(CCCl)C=CC(c2ccccc2)=CC1. The van der Waals surface area contributed by atoms with Gasteiger partial charge in [-0.15, -0.1) is 11.6 Å². The molecule has 19 heavy (non-hydrogen) atoms. The van der Waals surface area contributed by atoms with Crippen LogP contribution in [-0.2, 0) is 10.1 Å². The second-order valence-electron chi connectivity index (χ2n) is 4.54. The molecule has 2 rings (SSSR count). The number of allylic oxidation sites excluding steroid dienone is 3. The van der Waals surface area contributed by atoms with Gasteiger partial charge < -0.3 is 0 Å². The molecule has 0 saturated heterocycles. The van der Waals surface area contributed by atoms with Crippen LogP contribution in [-0.4, -0.2) is 23.6 Å².